The number of carbonyl (C=O) groups is 1. The molecule has 0 fully saturated rings. The van der Waals surface area contributed by atoms with E-state index in [1.54, 1.807) is 19.5 Å². The number of nitrogens with one attached hydrogen (secondary N) is 2. The molecule has 0 bridgehead atoms. The summed E-state index contributed by atoms with van der Waals surface area (Å²) >= 11 is 6.41. The lowest BCUT2D eigenvalue weighted by atomic mass is 10.1. The number of hydrogen-bond donors (Lipinski definition) is 2. The zero-order chi connectivity index (χ0) is 18.5. The number of hydrogen-bond acceptors (Lipinski definition) is 5. The molecule has 0 saturated carbocycles. The first kappa shape index (κ1) is 18.2. The minimum atomic E-state index is -0.0577. The van der Waals surface area contributed by atoms with Crippen LogP contribution in [0, 0.1) is 0 Å². The summed E-state index contributed by atoms with van der Waals surface area (Å²) in [5, 5.41) is 4.38. The van der Waals surface area contributed by atoms with Crippen LogP contribution in [0.5, 0.6) is 5.88 Å². The van der Waals surface area contributed by atoms with Gasteiger partial charge in [0.1, 0.15) is 0 Å². The van der Waals surface area contributed by atoms with Gasteiger partial charge in [-0.2, -0.15) is 0 Å². The summed E-state index contributed by atoms with van der Waals surface area (Å²) in [7, 11) is 3.11. The Kier molecular flexibility index (Phi) is 5.70. The maximum Gasteiger partial charge on any atom is 0.232 e. The highest BCUT2D eigenvalue weighted by molar-refractivity contribution is 6.34. The number of aromatic amines is 1. The molecule has 2 N–H and O–H groups in total. The van der Waals surface area contributed by atoms with E-state index in [1.165, 1.54) is 7.11 Å². The summed E-state index contributed by atoms with van der Waals surface area (Å²) < 4.78 is 9.92. The van der Waals surface area contributed by atoms with Crippen LogP contribution in [0.2, 0.25) is 5.02 Å². The molecule has 8 heteroatoms. The molecule has 136 valence electrons. The Morgan fingerprint density at radius 1 is 1.23 bits per heavy atom. The highest BCUT2D eigenvalue weighted by atomic mass is 35.5. The fourth-order valence-electron chi connectivity index (χ4n) is 2.54. The zero-order valence-electron chi connectivity index (χ0n) is 14.5. The first-order valence-corrected chi connectivity index (χ1v) is 8.41. The van der Waals surface area contributed by atoms with Crippen LogP contribution >= 0.6 is 11.6 Å². The molecule has 0 atom stereocenters. The van der Waals surface area contributed by atoms with Gasteiger partial charge in [-0.1, -0.05) is 11.6 Å². The van der Waals surface area contributed by atoms with E-state index in [-0.39, 0.29) is 5.91 Å². The average Bonchev–Trinajstić information content (AvgIpc) is 3.05. The third-order valence-corrected chi connectivity index (χ3v) is 4.20. The van der Waals surface area contributed by atoms with Crippen molar-refractivity contribution >= 4 is 28.4 Å². The highest BCUT2D eigenvalue weighted by Gasteiger charge is 2.11. The van der Waals surface area contributed by atoms with Gasteiger partial charge in [0.05, 0.1) is 43.4 Å². The monoisotopic (exact) mass is 374 g/mol. The summed E-state index contributed by atoms with van der Waals surface area (Å²) in [6.07, 6.45) is 3.50. The lowest BCUT2D eigenvalue weighted by Crippen LogP contribution is -2.23. The highest BCUT2D eigenvalue weighted by Crippen LogP contribution is 2.31. The lowest BCUT2D eigenvalue weighted by Gasteiger charge is -2.05. The van der Waals surface area contributed by atoms with Crippen LogP contribution in [0.3, 0.4) is 0 Å². The smallest absolute Gasteiger partial charge is 0.232 e. The minimum Gasteiger partial charge on any atom is -0.480 e. The lowest BCUT2D eigenvalue weighted by molar-refractivity contribution is -0.122. The van der Waals surface area contributed by atoms with Crippen molar-refractivity contribution in [2.45, 2.75) is 13.0 Å². The van der Waals surface area contributed by atoms with Gasteiger partial charge in [-0.15, -0.1) is 0 Å². The van der Waals surface area contributed by atoms with E-state index in [1.807, 2.05) is 18.2 Å². The molecule has 3 rings (SSSR count). The second-order valence-electron chi connectivity index (χ2n) is 5.68. The summed E-state index contributed by atoms with van der Waals surface area (Å²) in [5.74, 6) is 0.384. The first-order valence-electron chi connectivity index (χ1n) is 8.04. The molecular formula is C18H19ClN4O3. The standard InChI is InChI=1S/C18H19ClN4O3/c1-25-4-3-17(24)21-8-12-5-11-6-14(19)13(7-15(11)23-12)16-9-22-18(26-2)10-20-16/h5-7,9-10,23H,3-4,8H2,1-2H3,(H,21,24). The Morgan fingerprint density at radius 2 is 2.08 bits per heavy atom. The zero-order valence-corrected chi connectivity index (χ0v) is 15.3. The first-order chi connectivity index (χ1) is 12.6. The van der Waals surface area contributed by atoms with E-state index >= 15 is 0 Å². The quantitative estimate of drug-likeness (QED) is 0.663. The van der Waals surface area contributed by atoms with Crippen LogP contribution in [-0.4, -0.2) is 41.7 Å². The number of methoxy groups -OCH3 is 2. The Bertz CT molecular complexity index is 909. The molecule has 0 radical (unpaired) electrons. The molecule has 26 heavy (non-hydrogen) atoms. The van der Waals surface area contributed by atoms with Gasteiger partial charge in [0.25, 0.3) is 0 Å². The van der Waals surface area contributed by atoms with Crippen molar-refractivity contribution in [2.75, 3.05) is 20.8 Å². The van der Waals surface area contributed by atoms with Crippen molar-refractivity contribution < 1.29 is 14.3 Å². The number of fused-ring (bicyclic) bond motifs is 1. The summed E-state index contributed by atoms with van der Waals surface area (Å²) in [5.41, 5.74) is 3.22. The predicted octanol–water partition coefficient (Wildman–Crippen LogP) is 2.94. The molecule has 3 aromatic rings. The minimum absolute atomic E-state index is 0.0577. The molecule has 0 spiro atoms. The number of halogens is 1. The Balaban J connectivity index is 1.80. The molecule has 7 nitrogen and oxygen atoms in total. The Labute approximate surface area is 155 Å². The van der Waals surface area contributed by atoms with E-state index < -0.39 is 0 Å². The van der Waals surface area contributed by atoms with Crippen molar-refractivity contribution in [3.05, 3.63) is 41.3 Å². The van der Waals surface area contributed by atoms with E-state index in [0.29, 0.717) is 36.2 Å². The maximum atomic E-state index is 11.7. The molecule has 0 aliphatic carbocycles. The van der Waals surface area contributed by atoms with Crippen LogP contribution in [0.15, 0.2) is 30.6 Å². The number of aromatic nitrogens is 3. The van der Waals surface area contributed by atoms with Gasteiger partial charge in [-0.05, 0) is 18.2 Å². The fourth-order valence-corrected chi connectivity index (χ4v) is 2.81. The van der Waals surface area contributed by atoms with Gasteiger partial charge in [-0.3, -0.25) is 4.79 Å². The second-order valence-corrected chi connectivity index (χ2v) is 6.08. The van der Waals surface area contributed by atoms with Gasteiger partial charge >= 0.3 is 0 Å². The number of ether oxygens (including phenoxy) is 2. The van der Waals surface area contributed by atoms with Crippen LogP contribution in [-0.2, 0) is 16.1 Å². The SMILES string of the molecule is COCCC(=O)NCc1cc2cc(Cl)c(-c3cnc(OC)cn3)cc2[nH]1. The van der Waals surface area contributed by atoms with Crippen LogP contribution in [0.25, 0.3) is 22.2 Å². The average molecular weight is 375 g/mol. The fraction of sp³-hybridized carbons (Fsp3) is 0.278. The molecule has 2 aromatic heterocycles. The third-order valence-electron chi connectivity index (χ3n) is 3.89. The number of benzene rings is 1. The van der Waals surface area contributed by atoms with Crippen LogP contribution < -0.4 is 10.1 Å². The summed E-state index contributed by atoms with van der Waals surface area (Å²) in [6.45, 7) is 0.812. The number of rotatable bonds is 7. The Morgan fingerprint density at radius 3 is 2.77 bits per heavy atom. The molecule has 2 heterocycles. The number of H-pyrrole nitrogens is 1. The third kappa shape index (κ3) is 4.12. The van der Waals surface area contributed by atoms with Gasteiger partial charge in [0.15, 0.2) is 0 Å². The van der Waals surface area contributed by atoms with Gasteiger partial charge < -0.3 is 19.8 Å². The van der Waals surface area contributed by atoms with Crippen molar-refractivity contribution in [1.29, 1.82) is 0 Å². The number of nitrogens with zero attached hydrogens (tertiary/aromatic N) is 2. The van der Waals surface area contributed by atoms with E-state index in [9.17, 15) is 4.79 Å². The Hall–Kier alpha value is -2.64. The van der Waals surface area contributed by atoms with Crippen molar-refractivity contribution in [1.82, 2.24) is 20.3 Å². The van der Waals surface area contributed by atoms with Gasteiger partial charge in [0.2, 0.25) is 11.8 Å². The molecule has 0 aliphatic rings. The molecule has 0 aliphatic heterocycles. The normalized spacial score (nSPS) is 10.9. The maximum absolute atomic E-state index is 11.7. The van der Waals surface area contributed by atoms with Crippen molar-refractivity contribution in [3.63, 3.8) is 0 Å². The van der Waals surface area contributed by atoms with Gasteiger partial charge in [-0.25, -0.2) is 9.97 Å². The molecule has 0 saturated heterocycles. The number of amides is 1. The van der Waals surface area contributed by atoms with E-state index in [0.717, 1.165) is 22.2 Å². The largest absolute Gasteiger partial charge is 0.480 e. The number of carbonyl (C=O) groups excluding carboxylic acids is 1. The van der Waals surface area contributed by atoms with Gasteiger partial charge in [0, 0.05) is 35.7 Å². The van der Waals surface area contributed by atoms with Crippen molar-refractivity contribution in [2.24, 2.45) is 0 Å². The summed E-state index contributed by atoms with van der Waals surface area (Å²) in [4.78, 5) is 23.5. The topological polar surface area (TPSA) is 89.1 Å². The summed E-state index contributed by atoms with van der Waals surface area (Å²) in [6, 6.07) is 5.75. The molecule has 1 aromatic carbocycles. The molecule has 0 unspecified atom stereocenters. The van der Waals surface area contributed by atoms with E-state index in [4.69, 9.17) is 21.1 Å². The van der Waals surface area contributed by atoms with Crippen LogP contribution in [0.1, 0.15) is 12.1 Å². The molecular weight excluding hydrogens is 356 g/mol. The van der Waals surface area contributed by atoms with Crippen molar-refractivity contribution in [3.8, 4) is 17.1 Å². The second kappa shape index (κ2) is 8.16. The predicted molar refractivity (Wildman–Crippen MR) is 99.2 cm³/mol. The van der Waals surface area contributed by atoms with E-state index in [2.05, 4.69) is 20.3 Å². The van der Waals surface area contributed by atoms with Crippen LogP contribution in [0.4, 0.5) is 0 Å². The molecule has 1 amide bonds.